The Morgan fingerprint density at radius 1 is 1.50 bits per heavy atom. The van der Waals surface area contributed by atoms with Crippen LogP contribution in [0, 0.1) is 10.1 Å². The first-order valence-electron chi connectivity index (χ1n) is 5.95. The van der Waals surface area contributed by atoms with Gasteiger partial charge in [0.05, 0.1) is 18.1 Å². The summed E-state index contributed by atoms with van der Waals surface area (Å²) >= 11 is 0. The number of rotatable bonds is 6. The molecule has 1 aromatic carbocycles. The van der Waals surface area contributed by atoms with Gasteiger partial charge in [-0.25, -0.2) is 4.98 Å². The Morgan fingerprint density at radius 2 is 2.30 bits per heavy atom. The molecule has 0 aliphatic heterocycles. The number of aryl methyl sites for hydroxylation is 1. The van der Waals surface area contributed by atoms with E-state index in [4.69, 9.17) is 4.74 Å². The highest BCUT2D eigenvalue weighted by molar-refractivity contribution is 5.55. The van der Waals surface area contributed by atoms with Gasteiger partial charge in [-0.1, -0.05) is 0 Å². The lowest BCUT2D eigenvalue weighted by atomic mass is 10.1. The molecule has 20 heavy (non-hydrogen) atoms. The molecule has 0 radical (unpaired) electrons. The molecule has 0 aliphatic rings. The third kappa shape index (κ3) is 3.09. The second kappa shape index (κ2) is 6.11. The molecule has 0 fully saturated rings. The normalized spacial score (nSPS) is 10.5. The lowest BCUT2D eigenvalue weighted by Crippen LogP contribution is -2.08. The molecule has 0 saturated heterocycles. The van der Waals surface area contributed by atoms with E-state index in [1.165, 1.54) is 18.5 Å². The third-order valence-corrected chi connectivity index (χ3v) is 2.84. The van der Waals surface area contributed by atoms with E-state index >= 15 is 0 Å². The predicted molar refractivity (Wildman–Crippen MR) is 72.1 cm³/mol. The van der Waals surface area contributed by atoms with E-state index in [1.807, 2.05) is 0 Å². The van der Waals surface area contributed by atoms with Crippen LogP contribution in [0.25, 0.3) is 0 Å². The van der Waals surface area contributed by atoms with Crippen LogP contribution in [0.5, 0.6) is 0 Å². The number of nitro benzene ring substituents is 1. The van der Waals surface area contributed by atoms with Gasteiger partial charge in [0.25, 0.3) is 5.69 Å². The van der Waals surface area contributed by atoms with Gasteiger partial charge in [-0.15, -0.1) is 0 Å². The Balaban J connectivity index is 2.17. The molecular formula is C12H15N5O3. The molecule has 2 rings (SSSR count). The smallest absolute Gasteiger partial charge is 0.269 e. The third-order valence-electron chi connectivity index (χ3n) is 2.84. The molecule has 106 valence electrons. The molecule has 8 heteroatoms. The summed E-state index contributed by atoms with van der Waals surface area (Å²) < 4.78 is 6.73. The average molecular weight is 277 g/mol. The minimum Gasteiger partial charge on any atom is -0.380 e. The average Bonchev–Trinajstić information content (AvgIpc) is 2.83. The summed E-state index contributed by atoms with van der Waals surface area (Å²) in [4.78, 5) is 14.5. The molecule has 8 nitrogen and oxygen atoms in total. The highest BCUT2D eigenvalue weighted by Crippen LogP contribution is 2.23. The van der Waals surface area contributed by atoms with Crippen LogP contribution in [-0.4, -0.2) is 26.8 Å². The van der Waals surface area contributed by atoms with Crippen LogP contribution in [0.4, 0.5) is 11.4 Å². The number of nitrogens with one attached hydrogen (secondary N) is 1. The molecule has 0 aliphatic carbocycles. The largest absolute Gasteiger partial charge is 0.380 e. The van der Waals surface area contributed by atoms with E-state index in [1.54, 1.807) is 24.9 Å². The molecule has 1 heterocycles. The number of aromatic nitrogens is 3. The zero-order valence-corrected chi connectivity index (χ0v) is 11.2. The van der Waals surface area contributed by atoms with Crippen molar-refractivity contribution in [2.24, 2.45) is 7.05 Å². The van der Waals surface area contributed by atoms with Crippen molar-refractivity contribution in [1.82, 2.24) is 14.8 Å². The summed E-state index contributed by atoms with van der Waals surface area (Å²) in [6.45, 7) is 0.772. The van der Waals surface area contributed by atoms with Gasteiger partial charge in [-0.3, -0.25) is 14.8 Å². The number of methoxy groups -OCH3 is 1. The first kappa shape index (κ1) is 13.9. The van der Waals surface area contributed by atoms with Gasteiger partial charge in [0, 0.05) is 37.5 Å². The topological polar surface area (TPSA) is 95.1 Å². The fraction of sp³-hybridized carbons (Fsp3) is 0.333. The number of nitrogens with zero attached hydrogens (tertiary/aromatic N) is 4. The summed E-state index contributed by atoms with van der Waals surface area (Å²) in [6.07, 6.45) is 1.48. The van der Waals surface area contributed by atoms with E-state index < -0.39 is 4.92 Å². The summed E-state index contributed by atoms with van der Waals surface area (Å²) in [6, 6.07) is 4.63. The van der Waals surface area contributed by atoms with Crippen molar-refractivity contribution in [1.29, 1.82) is 0 Å². The zero-order valence-electron chi connectivity index (χ0n) is 11.2. The number of hydrogen-bond donors (Lipinski definition) is 1. The van der Waals surface area contributed by atoms with Crippen molar-refractivity contribution in [3.8, 4) is 0 Å². The van der Waals surface area contributed by atoms with Crippen molar-refractivity contribution in [2.45, 2.75) is 13.2 Å². The Kier molecular flexibility index (Phi) is 4.26. The Hall–Kier alpha value is -2.48. The van der Waals surface area contributed by atoms with Crippen molar-refractivity contribution < 1.29 is 9.66 Å². The monoisotopic (exact) mass is 277 g/mol. The Morgan fingerprint density at radius 3 is 2.90 bits per heavy atom. The molecule has 0 saturated carbocycles. The molecule has 0 spiro atoms. The van der Waals surface area contributed by atoms with Gasteiger partial charge in [-0.05, 0) is 6.07 Å². The van der Waals surface area contributed by atoms with Gasteiger partial charge in [0.1, 0.15) is 12.2 Å². The SMILES string of the molecule is COCc1cc([N+](=O)[O-])ccc1NCc1ncnn1C. The van der Waals surface area contributed by atoms with Gasteiger partial charge in [0.15, 0.2) is 0 Å². The van der Waals surface area contributed by atoms with E-state index in [-0.39, 0.29) is 5.69 Å². The fourth-order valence-electron chi connectivity index (χ4n) is 1.80. The predicted octanol–water partition coefficient (Wildman–Crippen LogP) is 1.48. The molecule has 1 aromatic heterocycles. The van der Waals surface area contributed by atoms with Crippen LogP contribution >= 0.6 is 0 Å². The van der Waals surface area contributed by atoms with Crippen LogP contribution in [0.1, 0.15) is 11.4 Å². The van der Waals surface area contributed by atoms with E-state index in [0.717, 1.165) is 17.1 Å². The first-order valence-corrected chi connectivity index (χ1v) is 5.95. The molecule has 0 atom stereocenters. The standard InChI is InChI=1S/C12H15N5O3/c1-16-12(14-8-15-16)6-13-11-4-3-10(17(18)19)5-9(11)7-20-2/h3-5,8,13H,6-7H2,1-2H3. The number of benzene rings is 1. The van der Waals surface area contributed by atoms with Crippen molar-refractivity contribution in [3.63, 3.8) is 0 Å². The summed E-state index contributed by atoms with van der Waals surface area (Å²) in [7, 11) is 3.35. The van der Waals surface area contributed by atoms with Crippen LogP contribution in [0.2, 0.25) is 0 Å². The number of non-ortho nitro benzene ring substituents is 1. The number of nitro groups is 1. The molecule has 1 N–H and O–H groups in total. The van der Waals surface area contributed by atoms with Gasteiger partial charge >= 0.3 is 0 Å². The second-order valence-electron chi connectivity index (χ2n) is 4.18. The highest BCUT2D eigenvalue weighted by atomic mass is 16.6. The zero-order chi connectivity index (χ0) is 14.5. The number of hydrogen-bond acceptors (Lipinski definition) is 6. The van der Waals surface area contributed by atoms with E-state index in [2.05, 4.69) is 15.4 Å². The maximum atomic E-state index is 10.8. The van der Waals surface area contributed by atoms with Crippen LogP contribution < -0.4 is 5.32 Å². The van der Waals surface area contributed by atoms with Crippen molar-refractivity contribution in [2.75, 3.05) is 12.4 Å². The quantitative estimate of drug-likeness (QED) is 0.634. The lowest BCUT2D eigenvalue weighted by molar-refractivity contribution is -0.384. The molecule has 0 amide bonds. The Bertz CT molecular complexity index is 611. The molecular weight excluding hydrogens is 262 g/mol. The Labute approximate surface area is 115 Å². The molecule has 0 bridgehead atoms. The lowest BCUT2D eigenvalue weighted by Gasteiger charge is -2.11. The number of ether oxygens (including phenoxy) is 1. The minimum atomic E-state index is -0.425. The summed E-state index contributed by atoms with van der Waals surface area (Å²) in [5, 5.41) is 17.9. The maximum Gasteiger partial charge on any atom is 0.269 e. The maximum absolute atomic E-state index is 10.8. The summed E-state index contributed by atoms with van der Waals surface area (Å²) in [5.74, 6) is 0.770. The minimum absolute atomic E-state index is 0.0428. The number of anilines is 1. The van der Waals surface area contributed by atoms with Crippen LogP contribution in [0.15, 0.2) is 24.5 Å². The van der Waals surface area contributed by atoms with E-state index in [9.17, 15) is 10.1 Å². The van der Waals surface area contributed by atoms with Gasteiger partial charge in [0.2, 0.25) is 0 Å². The molecule has 0 unspecified atom stereocenters. The van der Waals surface area contributed by atoms with Crippen LogP contribution in [-0.2, 0) is 24.9 Å². The summed E-state index contributed by atoms with van der Waals surface area (Å²) in [5.41, 5.74) is 1.55. The second-order valence-corrected chi connectivity index (χ2v) is 4.18. The van der Waals surface area contributed by atoms with Gasteiger partial charge in [-0.2, -0.15) is 5.10 Å². The molecule has 2 aromatic rings. The highest BCUT2D eigenvalue weighted by Gasteiger charge is 2.11. The van der Waals surface area contributed by atoms with E-state index in [0.29, 0.717) is 13.2 Å². The fourth-order valence-corrected chi connectivity index (χ4v) is 1.80. The van der Waals surface area contributed by atoms with Crippen LogP contribution in [0.3, 0.4) is 0 Å². The first-order chi connectivity index (χ1) is 9.61. The van der Waals surface area contributed by atoms with Gasteiger partial charge < -0.3 is 10.1 Å². The van der Waals surface area contributed by atoms with Crippen molar-refractivity contribution >= 4 is 11.4 Å². The van der Waals surface area contributed by atoms with Crippen molar-refractivity contribution in [3.05, 3.63) is 46.0 Å².